The SMILES string of the molecule is CCCOC[C@H]1C(=O)N(C)CC(=O)N[C@@H](CCc2ccc(C(F)(F)F)c(Cl)c2)C(=O)N2CCCC2C(=O)NC2(CCCC2)C(=O)N(C)[C@@H](C2CCCCC2)C(=O)N(C)[C@H](C(=O)N2CCOCC2)CC(=O)N(C)[C@@H](CC(C)C)C(=O)N[C@@H]([C@@H](C)CC)C(=O)N(C)CC(=O)N(C)CC(=O)N1C. The number of morpholine rings is 1. The Morgan fingerprint density at radius 2 is 1.31 bits per heavy atom. The molecular formula is C69H106ClF3N12O14. The summed E-state index contributed by atoms with van der Waals surface area (Å²) in [6, 6.07) is -6.03. The number of likely N-dealkylation sites (N-methyl/N-ethyl adjacent to an activating group) is 7. The van der Waals surface area contributed by atoms with E-state index in [9.17, 15) is 41.9 Å². The van der Waals surface area contributed by atoms with E-state index in [2.05, 4.69) is 16.0 Å². The van der Waals surface area contributed by atoms with Gasteiger partial charge in [-0.3, -0.25) is 57.5 Å². The lowest BCUT2D eigenvalue weighted by Gasteiger charge is -2.43. The average molecular weight is 1420 g/mol. The third-order valence-electron chi connectivity index (χ3n) is 20.3. The lowest BCUT2D eigenvalue weighted by Crippen LogP contribution is -2.65. The number of rotatable bonds is 13. The topological polar surface area (TPSA) is 289 Å². The molecule has 8 atom stereocenters. The zero-order chi connectivity index (χ0) is 73.4. The van der Waals surface area contributed by atoms with Crippen molar-refractivity contribution in [1.29, 1.82) is 0 Å². The number of benzene rings is 1. The fourth-order valence-corrected chi connectivity index (χ4v) is 14.4. The van der Waals surface area contributed by atoms with Crippen molar-refractivity contribution < 1.29 is 80.2 Å². The van der Waals surface area contributed by atoms with Crippen LogP contribution in [0.5, 0.6) is 0 Å². The van der Waals surface area contributed by atoms with Crippen LogP contribution in [0.3, 0.4) is 0 Å². The summed E-state index contributed by atoms with van der Waals surface area (Å²) in [6.45, 7) is 7.75. The summed E-state index contributed by atoms with van der Waals surface area (Å²) in [6.07, 6.45) is 0.447. The Morgan fingerprint density at radius 3 is 1.92 bits per heavy atom. The van der Waals surface area contributed by atoms with Gasteiger partial charge in [-0.15, -0.1) is 0 Å². The third-order valence-corrected chi connectivity index (χ3v) is 20.7. The average Bonchev–Trinajstić information content (AvgIpc) is 1.75. The number of carbonyl (C=O) groups is 12. The Bertz CT molecular complexity index is 3050. The molecule has 12 amide bonds. The van der Waals surface area contributed by atoms with Crippen molar-refractivity contribution in [2.75, 3.05) is 115 Å². The van der Waals surface area contributed by atoms with Gasteiger partial charge in [0.05, 0.1) is 56.5 Å². The van der Waals surface area contributed by atoms with Gasteiger partial charge in [-0.1, -0.05) is 90.8 Å². The van der Waals surface area contributed by atoms with Crippen LogP contribution in [-0.2, 0) is 79.6 Å². The molecule has 3 aliphatic heterocycles. The van der Waals surface area contributed by atoms with Crippen LogP contribution in [0, 0.1) is 17.8 Å². The summed E-state index contributed by atoms with van der Waals surface area (Å²) in [4.78, 5) is 189. The molecule has 3 saturated heterocycles. The molecule has 0 aromatic heterocycles. The van der Waals surface area contributed by atoms with Gasteiger partial charge in [-0.25, -0.2) is 0 Å². The number of halogens is 4. The van der Waals surface area contributed by atoms with Crippen molar-refractivity contribution in [2.24, 2.45) is 17.8 Å². The molecule has 0 bridgehead atoms. The number of amides is 12. The number of aryl methyl sites for hydroxylation is 1. The third kappa shape index (κ3) is 20.8. The van der Waals surface area contributed by atoms with Crippen LogP contribution in [0.25, 0.3) is 0 Å². The Kier molecular flexibility index (Phi) is 29.8. The molecule has 5 aliphatic rings. The molecule has 30 heteroatoms. The number of alkyl halides is 3. The predicted octanol–water partition coefficient (Wildman–Crippen LogP) is 3.73. The zero-order valence-electron chi connectivity index (χ0n) is 59.8. The van der Waals surface area contributed by atoms with Crippen molar-refractivity contribution in [1.82, 2.24) is 60.0 Å². The maximum absolute atomic E-state index is 15.8. The fraction of sp³-hybridized carbons (Fsp3) is 0.739. The molecule has 6 rings (SSSR count). The Hall–Kier alpha value is -7.14. The molecule has 3 heterocycles. The van der Waals surface area contributed by atoms with Gasteiger partial charge >= 0.3 is 6.18 Å². The zero-order valence-corrected chi connectivity index (χ0v) is 60.6. The highest BCUT2D eigenvalue weighted by molar-refractivity contribution is 6.31. The van der Waals surface area contributed by atoms with E-state index in [1.54, 1.807) is 6.92 Å². The Labute approximate surface area is 585 Å². The molecule has 3 N–H and O–H groups in total. The summed E-state index contributed by atoms with van der Waals surface area (Å²) >= 11 is 6.13. The van der Waals surface area contributed by atoms with Crippen LogP contribution in [0.2, 0.25) is 5.02 Å². The molecule has 99 heavy (non-hydrogen) atoms. The first-order valence-electron chi connectivity index (χ1n) is 35.0. The van der Waals surface area contributed by atoms with E-state index >= 15 is 28.8 Å². The number of nitrogens with zero attached hydrogens (tertiary/aromatic N) is 9. The van der Waals surface area contributed by atoms with E-state index < -0.39 is 173 Å². The molecule has 2 saturated carbocycles. The summed E-state index contributed by atoms with van der Waals surface area (Å²) in [5.41, 5.74) is -2.40. The van der Waals surface area contributed by atoms with Gasteiger partial charge in [0, 0.05) is 75.6 Å². The van der Waals surface area contributed by atoms with E-state index in [1.807, 2.05) is 27.7 Å². The minimum absolute atomic E-state index is 0.0154. The van der Waals surface area contributed by atoms with Crippen molar-refractivity contribution in [3.8, 4) is 0 Å². The van der Waals surface area contributed by atoms with E-state index in [-0.39, 0.29) is 96.1 Å². The smallest absolute Gasteiger partial charge is 0.379 e. The molecule has 26 nitrogen and oxygen atoms in total. The summed E-state index contributed by atoms with van der Waals surface area (Å²) < 4.78 is 52.9. The molecular weight excluding hydrogens is 1310 g/mol. The number of ether oxygens (including phenoxy) is 2. The monoisotopic (exact) mass is 1420 g/mol. The number of carbonyl (C=O) groups excluding carboxylic acids is 12. The second-order valence-electron chi connectivity index (χ2n) is 28.1. The number of hydrogen-bond donors (Lipinski definition) is 3. The predicted molar refractivity (Wildman–Crippen MR) is 360 cm³/mol. The van der Waals surface area contributed by atoms with Gasteiger partial charge in [0.2, 0.25) is 70.9 Å². The largest absolute Gasteiger partial charge is 0.417 e. The van der Waals surface area contributed by atoms with Crippen LogP contribution in [0.1, 0.15) is 148 Å². The van der Waals surface area contributed by atoms with Gasteiger partial charge in [0.15, 0.2) is 0 Å². The molecule has 1 spiro atoms. The van der Waals surface area contributed by atoms with Crippen molar-refractivity contribution in [3.63, 3.8) is 0 Å². The number of hydrogen-bond acceptors (Lipinski definition) is 14. The lowest BCUT2D eigenvalue weighted by molar-refractivity contribution is -0.158. The second-order valence-corrected chi connectivity index (χ2v) is 28.5. The standard InChI is InChI=1S/C69H106ClF3N12O14/c1-13-33-99-42-53-63(93)78(7)39-54(86)74-49(27-25-45-24-26-47(48(70)37-45)69(71,72)73)62(92)85-30-20-23-50(85)61(91)76-68(28-18-19-29-68)67(97)83(12)59(46-21-16-15-17-22-46)66(96)82(11)52(64(94)84-31-34-98-35-32-84)38-55(87)80(9)51(36-43(3)4)60(90)75-58(44(5)14-2)65(95)79(8)40-56(88)77(6)41-57(89)81(53)10/h24,26,37,43-44,46,49-53,58-59H,13-23,25,27-36,38-42H2,1-12H3,(H,74,86)(H,75,90)(H,76,91)/t44-,49-,50?,51-,52-,53-,58-,59-/m0/s1. The highest BCUT2D eigenvalue weighted by Crippen LogP contribution is 2.38. The maximum atomic E-state index is 15.8. The molecule has 2 aliphatic carbocycles. The summed E-state index contributed by atoms with van der Waals surface area (Å²) in [7, 11) is 9.64. The van der Waals surface area contributed by atoms with E-state index in [0.29, 0.717) is 44.9 Å². The summed E-state index contributed by atoms with van der Waals surface area (Å²) in [5, 5.41) is 8.04. The fourth-order valence-electron chi connectivity index (χ4n) is 14.0. The van der Waals surface area contributed by atoms with Crippen molar-refractivity contribution in [2.45, 2.75) is 198 Å². The molecule has 1 aromatic rings. The summed E-state index contributed by atoms with van der Waals surface area (Å²) in [5.74, 6) is -9.46. The van der Waals surface area contributed by atoms with Gasteiger partial charge in [0.25, 0.3) is 0 Å². The number of fused-ring (bicyclic) bond motifs is 1. The molecule has 5 fully saturated rings. The van der Waals surface area contributed by atoms with Crippen LogP contribution in [-0.4, -0.2) is 278 Å². The second kappa shape index (κ2) is 36.5. The Morgan fingerprint density at radius 1 is 0.687 bits per heavy atom. The highest BCUT2D eigenvalue weighted by atomic mass is 35.5. The first-order valence-corrected chi connectivity index (χ1v) is 35.4. The minimum Gasteiger partial charge on any atom is -0.379 e. The maximum Gasteiger partial charge on any atom is 0.417 e. The van der Waals surface area contributed by atoms with Crippen LogP contribution >= 0.6 is 11.6 Å². The van der Waals surface area contributed by atoms with E-state index in [1.165, 1.54) is 79.9 Å². The molecule has 0 radical (unpaired) electrons. The minimum atomic E-state index is -4.77. The molecule has 554 valence electrons. The lowest BCUT2D eigenvalue weighted by atomic mass is 9.81. The van der Waals surface area contributed by atoms with Gasteiger partial charge in [-0.05, 0) is 99.7 Å². The Balaban J connectivity index is 1.44. The van der Waals surface area contributed by atoms with Crippen molar-refractivity contribution in [3.05, 3.63) is 34.3 Å². The molecule has 1 aromatic carbocycles. The van der Waals surface area contributed by atoms with Gasteiger partial charge in [-0.2, -0.15) is 13.2 Å². The van der Waals surface area contributed by atoms with Crippen LogP contribution < -0.4 is 16.0 Å². The van der Waals surface area contributed by atoms with Crippen LogP contribution in [0.15, 0.2) is 18.2 Å². The number of nitrogens with one attached hydrogen (secondary N) is 3. The molecule has 1 unspecified atom stereocenters. The van der Waals surface area contributed by atoms with Crippen LogP contribution in [0.4, 0.5) is 13.2 Å². The van der Waals surface area contributed by atoms with E-state index in [4.69, 9.17) is 21.1 Å². The van der Waals surface area contributed by atoms with Gasteiger partial charge < -0.3 is 69.5 Å². The van der Waals surface area contributed by atoms with Crippen molar-refractivity contribution >= 4 is 82.5 Å². The first-order chi connectivity index (χ1) is 46.7. The first kappa shape index (κ1) is 80.8. The quantitative estimate of drug-likeness (QED) is 0.238. The van der Waals surface area contributed by atoms with Gasteiger partial charge in [0.1, 0.15) is 47.8 Å². The van der Waals surface area contributed by atoms with E-state index in [0.717, 1.165) is 51.0 Å². The highest BCUT2D eigenvalue weighted by Gasteiger charge is 2.51. The normalized spacial score (nSPS) is 26.0.